The number of ether oxygens (including phenoxy) is 1. The van der Waals surface area contributed by atoms with Crippen LogP contribution in [-0.2, 0) is 11.4 Å². The zero-order valence-corrected chi connectivity index (χ0v) is 16.6. The maximum absolute atomic E-state index is 13.0. The number of carbonyl (C=O) groups is 1. The highest BCUT2D eigenvalue weighted by molar-refractivity contribution is 7.80. The molecule has 0 bridgehead atoms. The second kappa shape index (κ2) is 8.24. The molecule has 3 aromatic rings. The van der Waals surface area contributed by atoms with Gasteiger partial charge in [-0.05, 0) is 55.0 Å². The number of pyridine rings is 1. The van der Waals surface area contributed by atoms with Crippen LogP contribution in [0.2, 0.25) is 0 Å². The number of rotatable bonds is 5. The molecule has 6 heteroatoms. The number of anilines is 1. The van der Waals surface area contributed by atoms with Crippen LogP contribution in [0.25, 0.3) is 6.08 Å². The van der Waals surface area contributed by atoms with Gasteiger partial charge in [0.1, 0.15) is 18.1 Å². The highest BCUT2D eigenvalue weighted by Crippen LogP contribution is 2.27. The highest BCUT2D eigenvalue weighted by Gasteiger charge is 2.32. The number of nitrogens with zero attached hydrogens (tertiary/aromatic N) is 2. The van der Waals surface area contributed by atoms with E-state index in [1.807, 2.05) is 73.7 Å². The van der Waals surface area contributed by atoms with Gasteiger partial charge in [0.2, 0.25) is 0 Å². The van der Waals surface area contributed by atoms with Gasteiger partial charge in [-0.2, -0.15) is 0 Å². The number of benzene rings is 2. The minimum Gasteiger partial charge on any atom is -0.487 e. The van der Waals surface area contributed by atoms with E-state index in [0.29, 0.717) is 23.2 Å². The van der Waals surface area contributed by atoms with Crippen LogP contribution in [0.4, 0.5) is 5.69 Å². The summed E-state index contributed by atoms with van der Waals surface area (Å²) in [7, 11) is 0. The zero-order chi connectivity index (χ0) is 20.2. The van der Waals surface area contributed by atoms with Crippen LogP contribution in [0.15, 0.2) is 78.6 Å². The Labute approximate surface area is 174 Å². The van der Waals surface area contributed by atoms with Gasteiger partial charge in [0.05, 0.1) is 11.4 Å². The van der Waals surface area contributed by atoms with Crippen LogP contribution in [-0.4, -0.2) is 16.0 Å². The van der Waals surface area contributed by atoms with E-state index in [1.165, 1.54) is 4.90 Å². The van der Waals surface area contributed by atoms with Crippen molar-refractivity contribution in [2.24, 2.45) is 0 Å². The number of nitrogens with one attached hydrogen (secondary N) is 1. The van der Waals surface area contributed by atoms with Crippen molar-refractivity contribution in [2.45, 2.75) is 13.5 Å². The van der Waals surface area contributed by atoms with Gasteiger partial charge in [-0.1, -0.05) is 42.5 Å². The van der Waals surface area contributed by atoms with E-state index in [9.17, 15) is 4.79 Å². The van der Waals surface area contributed by atoms with Gasteiger partial charge in [-0.3, -0.25) is 14.7 Å². The van der Waals surface area contributed by atoms with Crippen molar-refractivity contribution >= 4 is 35.0 Å². The third kappa shape index (κ3) is 4.02. The van der Waals surface area contributed by atoms with E-state index in [1.54, 1.807) is 12.3 Å². The molecule has 5 nitrogen and oxygen atoms in total. The predicted octanol–water partition coefficient (Wildman–Crippen LogP) is 4.23. The maximum atomic E-state index is 13.0. The summed E-state index contributed by atoms with van der Waals surface area (Å²) in [6, 6.07) is 20.9. The van der Waals surface area contributed by atoms with Crippen LogP contribution < -0.4 is 15.0 Å². The molecule has 0 atom stereocenters. The third-order valence-corrected chi connectivity index (χ3v) is 4.84. The van der Waals surface area contributed by atoms with E-state index < -0.39 is 0 Å². The fourth-order valence-corrected chi connectivity index (χ4v) is 3.38. The number of hydrogen-bond acceptors (Lipinski definition) is 4. The Morgan fingerprint density at radius 2 is 1.83 bits per heavy atom. The molecule has 1 amide bonds. The molecule has 0 spiro atoms. The molecule has 1 fully saturated rings. The average Bonchev–Trinajstić information content (AvgIpc) is 3.01. The van der Waals surface area contributed by atoms with Crippen LogP contribution in [0.3, 0.4) is 0 Å². The summed E-state index contributed by atoms with van der Waals surface area (Å²) in [5.74, 6) is 0.476. The Morgan fingerprint density at radius 1 is 1.07 bits per heavy atom. The molecule has 0 radical (unpaired) electrons. The van der Waals surface area contributed by atoms with Crippen LogP contribution in [0.1, 0.15) is 16.8 Å². The summed E-state index contributed by atoms with van der Waals surface area (Å²) in [6.07, 6.45) is 3.50. The fourth-order valence-electron chi connectivity index (χ4n) is 3.09. The van der Waals surface area contributed by atoms with Gasteiger partial charge in [0.25, 0.3) is 5.91 Å². The first-order valence-electron chi connectivity index (χ1n) is 9.18. The zero-order valence-electron chi connectivity index (χ0n) is 15.8. The van der Waals surface area contributed by atoms with Gasteiger partial charge in [-0.25, -0.2) is 0 Å². The lowest BCUT2D eigenvalue weighted by Gasteiger charge is -2.16. The molecule has 1 aliphatic heterocycles. The molecule has 2 aromatic carbocycles. The largest absolute Gasteiger partial charge is 0.487 e. The molecular weight excluding hydrogens is 382 g/mol. The molecule has 1 aromatic heterocycles. The Balaban J connectivity index is 1.59. The molecule has 1 aliphatic rings. The fraction of sp³-hybridized carbons (Fsp3) is 0.0870. The average molecular weight is 401 g/mol. The topological polar surface area (TPSA) is 54.5 Å². The Kier molecular flexibility index (Phi) is 5.35. The van der Waals surface area contributed by atoms with Gasteiger partial charge in [0.15, 0.2) is 5.11 Å². The van der Waals surface area contributed by atoms with Gasteiger partial charge in [-0.15, -0.1) is 0 Å². The Morgan fingerprint density at radius 3 is 2.62 bits per heavy atom. The Hall–Kier alpha value is -3.51. The minimum atomic E-state index is -0.191. The second-order valence-electron chi connectivity index (χ2n) is 6.56. The molecule has 0 saturated carbocycles. The second-order valence-corrected chi connectivity index (χ2v) is 6.95. The Bertz CT molecular complexity index is 1100. The van der Waals surface area contributed by atoms with Crippen LogP contribution in [0.5, 0.6) is 5.75 Å². The molecule has 0 unspecified atom stereocenters. The van der Waals surface area contributed by atoms with Gasteiger partial charge in [0, 0.05) is 11.8 Å². The number of thiocarbonyl (C=S) groups is 1. The lowest BCUT2D eigenvalue weighted by Crippen LogP contribution is -2.30. The van der Waals surface area contributed by atoms with Crippen molar-refractivity contribution in [1.82, 2.24) is 10.3 Å². The molecule has 0 aliphatic carbocycles. The SMILES string of the molecule is Cc1ccccc1N1C(=O)C(=Cc2ccccc2OCc2ccccn2)NC1=S. The molecule has 2 heterocycles. The highest BCUT2D eigenvalue weighted by atomic mass is 32.1. The normalized spacial score (nSPS) is 14.9. The molecule has 4 rings (SSSR count). The number of hydrogen-bond donors (Lipinski definition) is 1. The van der Waals surface area contributed by atoms with E-state index in [4.69, 9.17) is 17.0 Å². The molecule has 144 valence electrons. The smallest absolute Gasteiger partial charge is 0.281 e. The summed E-state index contributed by atoms with van der Waals surface area (Å²) < 4.78 is 5.93. The molecule has 1 N–H and O–H groups in total. The molecule has 29 heavy (non-hydrogen) atoms. The van der Waals surface area contributed by atoms with E-state index in [2.05, 4.69) is 10.3 Å². The van der Waals surface area contributed by atoms with Crippen molar-refractivity contribution < 1.29 is 9.53 Å². The van der Waals surface area contributed by atoms with Crippen molar-refractivity contribution in [1.29, 1.82) is 0 Å². The van der Waals surface area contributed by atoms with E-state index >= 15 is 0 Å². The molecule has 1 saturated heterocycles. The standard InChI is InChI=1S/C23H19N3O2S/c1-16-8-2-4-11-20(16)26-22(27)19(25-23(26)29)14-17-9-3-5-12-21(17)28-15-18-10-6-7-13-24-18/h2-14H,15H2,1H3,(H,25,29). The first-order valence-corrected chi connectivity index (χ1v) is 9.59. The van der Waals surface area contributed by atoms with Crippen molar-refractivity contribution in [3.8, 4) is 5.75 Å². The quantitative estimate of drug-likeness (QED) is 0.512. The van der Waals surface area contributed by atoms with Gasteiger partial charge < -0.3 is 10.1 Å². The first kappa shape index (κ1) is 18.8. The minimum absolute atomic E-state index is 0.191. The number of amides is 1. The number of para-hydroxylation sites is 2. The van der Waals surface area contributed by atoms with Gasteiger partial charge >= 0.3 is 0 Å². The van der Waals surface area contributed by atoms with Crippen molar-refractivity contribution in [2.75, 3.05) is 4.90 Å². The van der Waals surface area contributed by atoms with E-state index in [-0.39, 0.29) is 5.91 Å². The summed E-state index contributed by atoms with van der Waals surface area (Å²) in [5, 5.41) is 3.39. The summed E-state index contributed by atoms with van der Waals surface area (Å²) in [5.41, 5.74) is 3.78. The first-order chi connectivity index (χ1) is 14.1. The lowest BCUT2D eigenvalue weighted by molar-refractivity contribution is -0.113. The number of carbonyl (C=O) groups excluding carboxylic acids is 1. The number of aryl methyl sites for hydroxylation is 1. The van der Waals surface area contributed by atoms with Crippen molar-refractivity contribution in [3.63, 3.8) is 0 Å². The lowest BCUT2D eigenvalue weighted by atomic mass is 10.1. The van der Waals surface area contributed by atoms with Crippen molar-refractivity contribution in [3.05, 3.63) is 95.4 Å². The summed E-state index contributed by atoms with van der Waals surface area (Å²) >= 11 is 5.41. The summed E-state index contributed by atoms with van der Waals surface area (Å²) in [4.78, 5) is 18.8. The molecular formula is C23H19N3O2S. The monoisotopic (exact) mass is 401 g/mol. The third-order valence-electron chi connectivity index (χ3n) is 4.56. The van der Waals surface area contributed by atoms with Crippen LogP contribution in [0, 0.1) is 6.92 Å². The van der Waals surface area contributed by atoms with Crippen LogP contribution >= 0.6 is 12.2 Å². The maximum Gasteiger partial charge on any atom is 0.281 e. The predicted molar refractivity (Wildman–Crippen MR) is 117 cm³/mol. The van der Waals surface area contributed by atoms with E-state index in [0.717, 1.165) is 22.5 Å². The number of aromatic nitrogens is 1. The summed E-state index contributed by atoms with van der Waals surface area (Å²) in [6.45, 7) is 2.30.